The zero-order valence-electron chi connectivity index (χ0n) is 12.6. The Balaban J connectivity index is 1.83. The Morgan fingerprint density at radius 3 is 2.57 bits per heavy atom. The van der Waals surface area contributed by atoms with Crippen LogP contribution in [0.5, 0.6) is 0 Å². The molecule has 4 rings (SSSR count). The summed E-state index contributed by atoms with van der Waals surface area (Å²) >= 11 is 0. The van der Waals surface area contributed by atoms with E-state index in [9.17, 15) is 0 Å². The molecule has 0 amide bonds. The number of nitrogens with zero attached hydrogens (tertiary/aromatic N) is 1. The quantitative estimate of drug-likeness (QED) is 0.609. The fourth-order valence-electron chi connectivity index (χ4n) is 2.98. The summed E-state index contributed by atoms with van der Waals surface area (Å²) < 4.78 is 0. The summed E-state index contributed by atoms with van der Waals surface area (Å²) in [7, 11) is 0. The van der Waals surface area contributed by atoms with Crippen LogP contribution in [0.2, 0.25) is 0 Å². The highest BCUT2D eigenvalue weighted by atomic mass is 14.7. The molecule has 0 radical (unpaired) electrons. The van der Waals surface area contributed by atoms with E-state index < -0.39 is 0 Å². The number of aryl methyl sites for hydroxylation is 2. The van der Waals surface area contributed by atoms with Gasteiger partial charge in [-0.2, -0.15) is 0 Å². The first-order chi connectivity index (χ1) is 10.2. The molecule has 1 aliphatic carbocycles. The largest absolute Gasteiger partial charge is 0.260 e. The number of aromatic nitrogens is 1. The van der Waals surface area contributed by atoms with Gasteiger partial charge in [0.25, 0.3) is 0 Å². The molecular weight excluding hydrogens is 254 g/mol. The van der Waals surface area contributed by atoms with Crippen LogP contribution in [0.1, 0.15) is 35.6 Å². The second-order valence-corrected chi connectivity index (χ2v) is 6.26. The Morgan fingerprint density at radius 1 is 0.905 bits per heavy atom. The lowest BCUT2D eigenvalue weighted by molar-refractivity contribution is 1.03. The first kappa shape index (κ1) is 12.6. The summed E-state index contributed by atoms with van der Waals surface area (Å²) in [5, 5.41) is 2.54. The van der Waals surface area contributed by atoms with Gasteiger partial charge in [0.2, 0.25) is 0 Å². The number of hydrogen-bond donors (Lipinski definition) is 0. The molecule has 0 bridgehead atoms. The van der Waals surface area contributed by atoms with Crippen molar-refractivity contribution < 1.29 is 0 Å². The lowest BCUT2D eigenvalue weighted by atomic mass is 9.96. The second-order valence-electron chi connectivity index (χ2n) is 6.26. The average molecular weight is 273 g/mol. The van der Waals surface area contributed by atoms with Crippen LogP contribution in [0.3, 0.4) is 0 Å². The lowest BCUT2D eigenvalue weighted by Crippen LogP contribution is -1.88. The van der Waals surface area contributed by atoms with Crippen molar-refractivity contribution in [3.63, 3.8) is 0 Å². The van der Waals surface area contributed by atoms with E-state index in [4.69, 9.17) is 0 Å². The highest BCUT2D eigenvalue weighted by Gasteiger charge is 2.24. The average Bonchev–Trinajstić information content (AvgIpc) is 3.33. The van der Waals surface area contributed by atoms with Gasteiger partial charge in [-0.05, 0) is 60.9 Å². The first-order valence-corrected chi connectivity index (χ1v) is 7.68. The standard InChI is InChI=1S/C20H19N/c1-13-3-4-14(2)19(9-13)17-8-7-16-11-20(15-5-6-15)21-12-18(16)10-17/h3-4,7-12,15H,5-6H2,1-2H3. The SMILES string of the molecule is Cc1ccc(C)c(-c2ccc3cc(C4CC4)ncc3c2)c1. The molecule has 1 nitrogen and oxygen atoms in total. The van der Waals surface area contributed by atoms with Crippen molar-refractivity contribution in [1.82, 2.24) is 4.98 Å². The first-order valence-electron chi connectivity index (χ1n) is 7.68. The molecule has 21 heavy (non-hydrogen) atoms. The van der Waals surface area contributed by atoms with E-state index >= 15 is 0 Å². The Kier molecular flexibility index (Phi) is 2.81. The zero-order chi connectivity index (χ0) is 14.4. The zero-order valence-corrected chi connectivity index (χ0v) is 12.6. The van der Waals surface area contributed by atoms with Crippen molar-refractivity contribution in [2.45, 2.75) is 32.6 Å². The molecule has 104 valence electrons. The molecule has 3 aromatic rings. The molecule has 2 aromatic carbocycles. The maximum absolute atomic E-state index is 4.64. The topological polar surface area (TPSA) is 12.9 Å². The number of rotatable bonds is 2. The van der Waals surface area contributed by atoms with Crippen molar-refractivity contribution >= 4 is 10.8 Å². The van der Waals surface area contributed by atoms with Gasteiger partial charge in [-0.1, -0.05) is 35.9 Å². The number of hydrogen-bond acceptors (Lipinski definition) is 1. The third kappa shape index (κ3) is 2.33. The third-order valence-corrected chi connectivity index (χ3v) is 4.44. The maximum atomic E-state index is 4.64. The van der Waals surface area contributed by atoms with Crippen molar-refractivity contribution in [2.24, 2.45) is 0 Å². The van der Waals surface area contributed by atoms with Gasteiger partial charge in [0.05, 0.1) is 0 Å². The molecule has 0 saturated heterocycles. The molecule has 1 fully saturated rings. The van der Waals surface area contributed by atoms with E-state index in [0.29, 0.717) is 5.92 Å². The normalized spacial score (nSPS) is 14.6. The minimum absolute atomic E-state index is 0.716. The Bertz CT molecular complexity index is 828. The maximum Gasteiger partial charge on any atom is 0.0440 e. The van der Waals surface area contributed by atoms with Gasteiger partial charge in [-0.15, -0.1) is 0 Å². The summed E-state index contributed by atoms with van der Waals surface area (Å²) in [6.07, 6.45) is 4.65. The summed E-state index contributed by atoms with van der Waals surface area (Å²) in [5.41, 5.74) is 6.50. The summed E-state index contributed by atoms with van der Waals surface area (Å²) in [6.45, 7) is 4.32. The van der Waals surface area contributed by atoms with E-state index in [0.717, 1.165) is 0 Å². The molecular formula is C20H19N. The molecule has 0 aliphatic heterocycles. The third-order valence-electron chi connectivity index (χ3n) is 4.44. The van der Waals surface area contributed by atoms with Crippen molar-refractivity contribution in [3.05, 3.63) is 65.5 Å². The fraction of sp³-hybridized carbons (Fsp3) is 0.250. The van der Waals surface area contributed by atoms with Crippen molar-refractivity contribution in [2.75, 3.05) is 0 Å². The van der Waals surface area contributed by atoms with Crippen LogP contribution >= 0.6 is 0 Å². The highest BCUT2D eigenvalue weighted by Crippen LogP contribution is 2.40. The smallest absolute Gasteiger partial charge is 0.0440 e. The Morgan fingerprint density at radius 2 is 1.76 bits per heavy atom. The predicted octanol–water partition coefficient (Wildman–Crippen LogP) is 5.40. The second kappa shape index (κ2) is 4.70. The summed E-state index contributed by atoms with van der Waals surface area (Å²) in [4.78, 5) is 4.64. The van der Waals surface area contributed by atoms with Crippen LogP contribution in [-0.4, -0.2) is 4.98 Å². The predicted molar refractivity (Wildman–Crippen MR) is 88.6 cm³/mol. The molecule has 0 spiro atoms. The molecule has 0 N–H and O–H groups in total. The number of pyridine rings is 1. The number of benzene rings is 2. The van der Waals surface area contributed by atoms with Gasteiger partial charge in [0, 0.05) is 23.2 Å². The molecule has 1 aliphatic rings. The van der Waals surface area contributed by atoms with Crippen molar-refractivity contribution in [3.8, 4) is 11.1 Å². The lowest BCUT2D eigenvalue weighted by Gasteiger charge is -2.09. The van der Waals surface area contributed by atoms with E-state index in [-0.39, 0.29) is 0 Å². The number of fused-ring (bicyclic) bond motifs is 1. The molecule has 1 saturated carbocycles. The highest BCUT2D eigenvalue weighted by molar-refractivity contribution is 5.87. The molecule has 0 unspecified atom stereocenters. The van der Waals surface area contributed by atoms with Gasteiger partial charge in [-0.3, -0.25) is 4.98 Å². The minimum atomic E-state index is 0.716. The molecule has 1 aromatic heterocycles. The van der Waals surface area contributed by atoms with Crippen LogP contribution in [0.15, 0.2) is 48.7 Å². The van der Waals surface area contributed by atoms with Gasteiger partial charge < -0.3 is 0 Å². The van der Waals surface area contributed by atoms with E-state index in [1.165, 1.54) is 51.6 Å². The Labute approximate surface area is 125 Å². The Hall–Kier alpha value is -2.15. The van der Waals surface area contributed by atoms with Crippen LogP contribution in [0.4, 0.5) is 0 Å². The van der Waals surface area contributed by atoms with Gasteiger partial charge in [0.15, 0.2) is 0 Å². The van der Waals surface area contributed by atoms with Gasteiger partial charge in [-0.25, -0.2) is 0 Å². The molecule has 0 atom stereocenters. The molecule has 1 heteroatoms. The summed E-state index contributed by atoms with van der Waals surface area (Å²) in [6, 6.07) is 15.6. The van der Waals surface area contributed by atoms with Gasteiger partial charge in [0.1, 0.15) is 0 Å². The fourth-order valence-corrected chi connectivity index (χ4v) is 2.98. The minimum Gasteiger partial charge on any atom is -0.260 e. The van der Waals surface area contributed by atoms with Gasteiger partial charge >= 0.3 is 0 Å². The van der Waals surface area contributed by atoms with Crippen molar-refractivity contribution in [1.29, 1.82) is 0 Å². The summed E-state index contributed by atoms with van der Waals surface area (Å²) in [5.74, 6) is 0.716. The van der Waals surface area contributed by atoms with E-state index in [1.54, 1.807) is 0 Å². The van der Waals surface area contributed by atoms with Crippen LogP contribution in [0.25, 0.3) is 21.9 Å². The molecule has 1 heterocycles. The van der Waals surface area contributed by atoms with Crippen LogP contribution < -0.4 is 0 Å². The monoisotopic (exact) mass is 273 g/mol. The van der Waals surface area contributed by atoms with Crippen LogP contribution in [0, 0.1) is 13.8 Å². The van der Waals surface area contributed by atoms with E-state index in [2.05, 4.69) is 61.3 Å². The van der Waals surface area contributed by atoms with E-state index in [1.807, 2.05) is 6.20 Å². The van der Waals surface area contributed by atoms with Crippen LogP contribution in [-0.2, 0) is 0 Å².